The predicted octanol–water partition coefficient (Wildman–Crippen LogP) is 5.38. The number of nitrogens with one attached hydrogen (secondary N) is 1. The van der Waals surface area contributed by atoms with Gasteiger partial charge in [0.2, 0.25) is 0 Å². The molecule has 0 aromatic heterocycles. The van der Waals surface area contributed by atoms with Crippen LogP contribution in [0.2, 0.25) is 5.02 Å². The summed E-state index contributed by atoms with van der Waals surface area (Å²) in [6.45, 7) is 2.06. The summed E-state index contributed by atoms with van der Waals surface area (Å²) in [5.74, 6) is 0.915. The molecule has 0 saturated heterocycles. The number of ether oxygens (including phenoxy) is 1. The molecule has 0 amide bonds. The van der Waals surface area contributed by atoms with Crippen molar-refractivity contribution in [1.29, 1.82) is 0 Å². The molecular formula is C16H17BrClNO2. The van der Waals surface area contributed by atoms with Gasteiger partial charge in [0.25, 0.3) is 0 Å². The third-order valence-corrected chi connectivity index (χ3v) is 4.05. The highest BCUT2D eigenvalue weighted by atomic mass is 79.9. The maximum Gasteiger partial charge on any atom is 0.137 e. The maximum absolute atomic E-state index is 10.0. The zero-order valence-corrected chi connectivity index (χ0v) is 14.2. The van der Waals surface area contributed by atoms with Crippen LogP contribution in [0.5, 0.6) is 11.5 Å². The summed E-state index contributed by atoms with van der Waals surface area (Å²) < 4.78 is 6.08. The quantitative estimate of drug-likeness (QED) is 0.742. The number of rotatable bonds is 5. The average molecular weight is 371 g/mol. The molecule has 2 rings (SSSR count). The number of halogens is 2. The average Bonchev–Trinajstić information content (AvgIpc) is 2.47. The Morgan fingerprint density at radius 3 is 2.67 bits per heavy atom. The van der Waals surface area contributed by atoms with Crippen molar-refractivity contribution in [3.05, 3.63) is 51.5 Å². The van der Waals surface area contributed by atoms with E-state index in [0.717, 1.165) is 22.1 Å². The van der Waals surface area contributed by atoms with Gasteiger partial charge < -0.3 is 15.2 Å². The molecule has 1 atom stereocenters. The molecule has 5 heteroatoms. The molecule has 0 radical (unpaired) electrons. The van der Waals surface area contributed by atoms with Crippen LogP contribution in [-0.2, 0) is 0 Å². The van der Waals surface area contributed by atoms with Crippen LogP contribution in [0.3, 0.4) is 0 Å². The fraction of sp³-hybridized carbons (Fsp3) is 0.250. The smallest absolute Gasteiger partial charge is 0.137 e. The van der Waals surface area contributed by atoms with Crippen molar-refractivity contribution in [1.82, 2.24) is 0 Å². The third kappa shape index (κ3) is 3.83. The molecule has 1 unspecified atom stereocenters. The fourth-order valence-electron chi connectivity index (χ4n) is 2.16. The second-order valence-corrected chi connectivity index (χ2v) is 5.98. The first-order valence-electron chi connectivity index (χ1n) is 6.63. The van der Waals surface area contributed by atoms with Crippen LogP contribution < -0.4 is 10.1 Å². The van der Waals surface area contributed by atoms with Crippen molar-refractivity contribution in [2.45, 2.75) is 19.4 Å². The largest absolute Gasteiger partial charge is 0.508 e. The van der Waals surface area contributed by atoms with Gasteiger partial charge in [-0.05, 0) is 42.8 Å². The van der Waals surface area contributed by atoms with Crippen LogP contribution in [0, 0.1) is 0 Å². The predicted molar refractivity (Wildman–Crippen MR) is 90.5 cm³/mol. The van der Waals surface area contributed by atoms with Crippen molar-refractivity contribution < 1.29 is 9.84 Å². The monoisotopic (exact) mass is 369 g/mol. The molecule has 21 heavy (non-hydrogen) atoms. The Balaban J connectivity index is 2.26. The van der Waals surface area contributed by atoms with E-state index < -0.39 is 0 Å². The Morgan fingerprint density at radius 1 is 1.29 bits per heavy atom. The van der Waals surface area contributed by atoms with Crippen molar-refractivity contribution in [3.8, 4) is 11.5 Å². The zero-order valence-electron chi connectivity index (χ0n) is 11.9. The Kier molecular flexibility index (Phi) is 5.37. The molecule has 0 heterocycles. The van der Waals surface area contributed by atoms with Crippen LogP contribution >= 0.6 is 27.5 Å². The molecule has 0 saturated carbocycles. The lowest BCUT2D eigenvalue weighted by Gasteiger charge is -2.20. The second kappa shape index (κ2) is 7.05. The van der Waals surface area contributed by atoms with E-state index in [1.807, 2.05) is 30.3 Å². The minimum Gasteiger partial charge on any atom is -0.508 e. The van der Waals surface area contributed by atoms with E-state index in [4.69, 9.17) is 16.3 Å². The molecule has 0 aliphatic rings. The number of hydrogen-bond acceptors (Lipinski definition) is 3. The van der Waals surface area contributed by atoms with Gasteiger partial charge in [0.05, 0.1) is 18.2 Å². The molecule has 2 aromatic carbocycles. The molecule has 0 spiro atoms. The van der Waals surface area contributed by atoms with Gasteiger partial charge in [-0.2, -0.15) is 0 Å². The van der Waals surface area contributed by atoms with E-state index in [1.165, 1.54) is 0 Å². The standard InChI is InChI=1S/C16H17BrClNO2/c1-3-14(12-8-10(17)4-6-15(12)20)19-11-5-7-16(21-2)13(18)9-11/h4-9,14,19-20H,3H2,1-2H3. The lowest BCUT2D eigenvalue weighted by molar-refractivity contribution is 0.415. The van der Waals surface area contributed by atoms with E-state index in [9.17, 15) is 5.11 Å². The van der Waals surface area contributed by atoms with Gasteiger partial charge in [-0.15, -0.1) is 0 Å². The van der Waals surface area contributed by atoms with Gasteiger partial charge >= 0.3 is 0 Å². The highest BCUT2D eigenvalue weighted by molar-refractivity contribution is 9.10. The molecule has 2 N–H and O–H groups in total. The highest BCUT2D eigenvalue weighted by Crippen LogP contribution is 2.34. The van der Waals surface area contributed by atoms with Crippen molar-refractivity contribution in [3.63, 3.8) is 0 Å². The number of aromatic hydroxyl groups is 1. The molecule has 0 bridgehead atoms. The summed E-state index contributed by atoms with van der Waals surface area (Å²) >= 11 is 9.57. The van der Waals surface area contributed by atoms with Crippen LogP contribution in [0.4, 0.5) is 5.69 Å². The van der Waals surface area contributed by atoms with Gasteiger partial charge in [-0.25, -0.2) is 0 Å². The van der Waals surface area contributed by atoms with Gasteiger partial charge in [-0.3, -0.25) is 0 Å². The van der Waals surface area contributed by atoms with Crippen molar-refractivity contribution in [2.24, 2.45) is 0 Å². The highest BCUT2D eigenvalue weighted by Gasteiger charge is 2.14. The lowest BCUT2D eigenvalue weighted by Crippen LogP contribution is -2.10. The summed E-state index contributed by atoms with van der Waals surface area (Å²) in [4.78, 5) is 0. The Bertz CT molecular complexity index is 634. The topological polar surface area (TPSA) is 41.5 Å². The van der Waals surface area contributed by atoms with E-state index in [0.29, 0.717) is 10.8 Å². The lowest BCUT2D eigenvalue weighted by atomic mass is 10.0. The number of phenols is 1. The first-order chi connectivity index (χ1) is 10.0. The molecular weight excluding hydrogens is 354 g/mol. The van der Waals surface area contributed by atoms with E-state index in [2.05, 4.69) is 28.2 Å². The van der Waals surface area contributed by atoms with E-state index in [1.54, 1.807) is 13.2 Å². The Labute approximate surface area is 138 Å². The summed E-state index contributed by atoms with van der Waals surface area (Å²) in [6, 6.07) is 11.0. The summed E-state index contributed by atoms with van der Waals surface area (Å²) in [5.41, 5.74) is 1.73. The normalized spacial score (nSPS) is 12.0. The molecule has 3 nitrogen and oxygen atoms in total. The molecule has 112 valence electrons. The Hall–Kier alpha value is -1.39. The van der Waals surface area contributed by atoms with Crippen LogP contribution in [0.1, 0.15) is 24.9 Å². The Morgan fingerprint density at radius 2 is 2.05 bits per heavy atom. The van der Waals surface area contributed by atoms with Gasteiger partial charge in [0.1, 0.15) is 11.5 Å². The van der Waals surface area contributed by atoms with Crippen molar-refractivity contribution >= 4 is 33.2 Å². The van der Waals surface area contributed by atoms with Crippen LogP contribution in [-0.4, -0.2) is 12.2 Å². The van der Waals surface area contributed by atoms with Crippen LogP contribution in [0.25, 0.3) is 0 Å². The summed E-state index contributed by atoms with van der Waals surface area (Å²) in [6.07, 6.45) is 0.827. The van der Waals surface area contributed by atoms with Crippen molar-refractivity contribution in [2.75, 3.05) is 12.4 Å². The number of phenolic OH excluding ortho intramolecular Hbond substituents is 1. The molecule has 0 fully saturated rings. The van der Waals surface area contributed by atoms with Gasteiger partial charge in [0, 0.05) is 15.7 Å². The number of hydrogen-bond donors (Lipinski definition) is 2. The maximum atomic E-state index is 10.0. The number of benzene rings is 2. The first kappa shape index (κ1) is 16.0. The number of methoxy groups -OCH3 is 1. The summed E-state index contributed by atoms with van der Waals surface area (Å²) in [7, 11) is 1.59. The molecule has 0 aliphatic heterocycles. The second-order valence-electron chi connectivity index (χ2n) is 4.66. The molecule has 2 aromatic rings. The fourth-order valence-corrected chi connectivity index (χ4v) is 2.80. The van der Waals surface area contributed by atoms with E-state index >= 15 is 0 Å². The SMILES string of the molecule is CCC(Nc1ccc(OC)c(Cl)c1)c1cc(Br)ccc1O. The number of anilines is 1. The van der Waals surface area contributed by atoms with Gasteiger partial charge in [-0.1, -0.05) is 34.5 Å². The molecule has 0 aliphatic carbocycles. The zero-order chi connectivity index (χ0) is 15.4. The third-order valence-electron chi connectivity index (χ3n) is 3.27. The van der Waals surface area contributed by atoms with Gasteiger partial charge in [0.15, 0.2) is 0 Å². The van der Waals surface area contributed by atoms with E-state index in [-0.39, 0.29) is 11.8 Å². The minimum absolute atomic E-state index is 0.00744. The first-order valence-corrected chi connectivity index (χ1v) is 7.80. The van der Waals surface area contributed by atoms with Crippen LogP contribution in [0.15, 0.2) is 40.9 Å². The summed E-state index contributed by atoms with van der Waals surface area (Å²) in [5, 5.41) is 14.0. The minimum atomic E-state index is -0.00744.